The highest BCUT2D eigenvalue weighted by molar-refractivity contribution is 5.99. The van der Waals surface area contributed by atoms with Crippen molar-refractivity contribution >= 4 is 0 Å². The maximum absolute atomic E-state index is 5.11. The number of fused-ring (bicyclic) bond motifs is 10. The molecule has 0 atom stereocenters. The largest absolute Gasteiger partial charge is 0.228 e. The second kappa shape index (κ2) is 12.4. The van der Waals surface area contributed by atoms with E-state index in [9.17, 15) is 0 Å². The summed E-state index contributed by atoms with van der Waals surface area (Å²) in [5.74, 6) is 0.699. The van der Waals surface area contributed by atoms with Crippen LogP contribution in [0, 0.1) is 12.1 Å². The fraction of sp³-hybridized carbons (Fsp3) is 0.0189. The summed E-state index contributed by atoms with van der Waals surface area (Å²) in [5.41, 5.74) is 19.2. The van der Waals surface area contributed by atoms with Gasteiger partial charge in [-0.15, -0.1) is 0 Å². The molecule has 0 unspecified atom stereocenters. The lowest BCUT2D eigenvalue weighted by atomic mass is 9.70. The van der Waals surface area contributed by atoms with Crippen LogP contribution < -0.4 is 0 Å². The molecule has 254 valence electrons. The molecule has 0 aliphatic heterocycles. The molecule has 0 radical (unpaired) electrons. The highest BCUT2D eigenvalue weighted by atomic mass is 14.9. The van der Waals surface area contributed by atoms with Gasteiger partial charge in [0.1, 0.15) is 0 Å². The Bertz CT molecular complexity index is 2820. The van der Waals surface area contributed by atoms with Gasteiger partial charge in [-0.3, -0.25) is 0 Å². The quantitative estimate of drug-likeness (QED) is 0.179. The van der Waals surface area contributed by atoms with Gasteiger partial charge in [0.15, 0.2) is 5.82 Å². The molecule has 0 N–H and O–H groups in total. The van der Waals surface area contributed by atoms with Crippen molar-refractivity contribution in [2.24, 2.45) is 0 Å². The maximum Gasteiger partial charge on any atom is 0.160 e. The van der Waals surface area contributed by atoms with E-state index >= 15 is 0 Å². The number of rotatable bonds is 5. The van der Waals surface area contributed by atoms with Crippen LogP contribution >= 0.6 is 0 Å². The summed E-state index contributed by atoms with van der Waals surface area (Å²) >= 11 is 0. The molecule has 2 aliphatic carbocycles. The fourth-order valence-electron chi connectivity index (χ4n) is 9.03. The molecule has 0 saturated carbocycles. The highest BCUT2D eigenvalue weighted by Gasteiger charge is 2.52. The predicted molar refractivity (Wildman–Crippen MR) is 223 cm³/mol. The van der Waals surface area contributed by atoms with Crippen molar-refractivity contribution in [3.8, 4) is 78.4 Å². The van der Waals surface area contributed by atoms with E-state index in [1.54, 1.807) is 0 Å². The molecule has 1 aromatic heterocycles. The smallest absolute Gasteiger partial charge is 0.160 e. The molecule has 55 heavy (non-hydrogen) atoms. The van der Waals surface area contributed by atoms with Crippen molar-refractivity contribution in [2.75, 3.05) is 0 Å². The van der Waals surface area contributed by atoms with E-state index in [4.69, 9.17) is 9.97 Å². The zero-order chi connectivity index (χ0) is 36.3. The summed E-state index contributed by atoms with van der Waals surface area (Å²) in [6.45, 7) is 0. The van der Waals surface area contributed by atoms with Crippen LogP contribution in [0.25, 0.3) is 78.4 Å². The molecule has 0 saturated heterocycles. The average Bonchev–Trinajstić information content (AvgIpc) is 3.75. The third-order valence-corrected chi connectivity index (χ3v) is 11.4. The van der Waals surface area contributed by atoms with Crippen LogP contribution in [-0.4, -0.2) is 9.97 Å². The molecule has 1 spiro atoms. The van der Waals surface area contributed by atoms with Gasteiger partial charge in [0, 0.05) is 27.8 Å². The van der Waals surface area contributed by atoms with Crippen LogP contribution in [-0.2, 0) is 5.41 Å². The number of hydrogen-bond donors (Lipinski definition) is 0. The molecule has 2 heteroatoms. The fourth-order valence-corrected chi connectivity index (χ4v) is 9.03. The molecule has 2 nitrogen and oxygen atoms in total. The first kappa shape index (κ1) is 31.2. The van der Waals surface area contributed by atoms with Crippen molar-refractivity contribution < 1.29 is 0 Å². The Morgan fingerprint density at radius 1 is 0.364 bits per heavy atom. The molecule has 2 aliphatic rings. The number of hydrogen-bond acceptors (Lipinski definition) is 2. The van der Waals surface area contributed by atoms with Crippen LogP contribution in [0.4, 0.5) is 0 Å². The first-order valence-corrected chi connectivity index (χ1v) is 18.7. The molecule has 0 bridgehead atoms. The van der Waals surface area contributed by atoms with Gasteiger partial charge >= 0.3 is 0 Å². The van der Waals surface area contributed by atoms with Gasteiger partial charge in [0.05, 0.1) is 16.8 Å². The normalized spacial score (nSPS) is 12.7. The first-order valence-electron chi connectivity index (χ1n) is 18.7. The van der Waals surface area contributed by atoms with Crippen molar-refractivity contribution in [3.63, 3.8) is 0 Å². The van der Waals surface area contributed by atoms with Crippen molar-refractivity contribution in [3.05, 3.63) is 229 Å². The Labute approximate surface area is 321 Å². The van der Waals surface area contributed by atoms with Gasteiger partial charge in [-0.25, -0.2) is 9.97 Å². The van der Waals surface area contributed by atoms with Gasteiger partial charge in [-0.1, -0.05) is 176 Å². The third-order valence-electron chi connectivity index (χ3n) is 11.4. The second-order valence-corrected chi connectivity index (χ2v) is 14.3. The Hall–Kier alpha value is -7.34. The highest BCUT2D eigenvalue weighted by Crippen LogP contribution is 2.63. The minimum absolute atomic E-state index is 0.418. The Morgan fingerprint density at radius 3 is 1.51 bits per heavy atom. The summed E-state index contributed by atoms with van der Waals surface area (Å²) in [4.78, 5) is 10.2. The molecule has 11 rings (SSSR count). The van der Waals surface area contributed by atoms with Crippen LogP contribution in [0.15, 0.2) is 194 Å². The Kier molecular flexibility index (Phi) is 7.02. The molecule has 0 fully saturated rings. The average molecular weight is 697 g/mol. The zero-order valence-electron chi connectivity index (χ0n) is 29.9. The van der Waals surface area contributed by atoms with E-state index in [2.05, 4.69) is 188 Å². The first-order chi connectivity index (χ1) is 27.3. The summed E-state index contributed by atoms with van der Waals surface area (Å²) in [5, 5.41) is 0. The number of benzene rings is 7. The molecule has 9 aromatic rings. The van der Waals surface area contributed by atoms with Crippen molar-refractivity contribution in [1.29, 1.82) is 0 Å². The second-order valence-electron chi connectivity index (χ2n) is 14.3. The van der Waals surface area contributed by atoms with E-state index in [0.717, 1.165) is 50.3 Å². The van der Waals surface area contributed by atoms with Crippen LogP contribution in [0.2, 0.25) is 0 Å². The molecule has 0 amide bonds. The Morgan fingerprint density at radius 2 is 0.855 bits per heavy atom. The molecule has 8 aromatic carbocycles. The summed E-state index contributed by atoms with van der Waals surface area (Å²) in [7, 11) is 0. The minimum Gasteiger partial charge on any atom is -0.228 e. The SMILES string of the molecule is c1ccc2c(c#1)-c1c(-c3cccc(-c4cccc(-c5nc(-c6ccccc6)cc(-c6ccccc6)n5)c4)c3)cccc1C21c2ccccc2-c2ccccc21. The molecular formula is C53H32N2. The Balaban J connectivity index is 1.05. The van der Waals surface area contributed by atoms with Gasteiger partial charge in [-0.05, 0) is 86.0 Å². The van der Waals surface area contributed by atoms with E-state index in [1.807, 2.05) is 18.2 Å². The van der Waals surface area contributed by atoms with Gasteiger partial charge in [-0.2, -0.15) is 0 Å². The van der Waals surface area contributed by atoms with Gasteiger partial charge in [0.25, 0.3) is 0 Å². The number of nitrogens with zero attached hydrogens (tertiary/aromatic N) is 2. The van der Waals surface area contributed by atoms with Crippen LogP contribution in [0.3, 0.4) is 0 Å². The summed E-state index contributed by atoms with van der Waals surface area (Å²) in [6.07, 6.45) is 0. The van der Waals surface area contributed by atoms with Gasteiger partial charge < -0.3 is 0 Å². The van der Waals surface area contributed by atoms with Gasteiger partial charge in [0.2, 0.25) is 0 Å². The lowest BCUT2D eigenvalue weighted by Crippen LogP contribution is -2.25. The lowest BCUT2D eigenvalue weighted by Gasteiger charge is -2.30. The topological polar surface area (TPSA) is 25.8 Å². The number of aromatic nitrogens is 2. The van der Waals surface area contributed by atoms with Crippen molar-refractivity contribution in [2.45, 2.75) is 5.41 Å². The van der Waals surface area contributed by atoms with E-state index in [1.165, 1.54) is 44.5 Å². The lowest BCUT2D eigenvalue weighted by molar-refractivity contribution is 0.794. The van der Waals surface area contributed by atoms with E-state index < -0.39 is 5.41 Å². The van der Waals surface area contributed by atoms with Crippen LogP contribution in [0.5, 0.6) is 0 Å². The third kappa shape index (κ3) is 4.77. The summed E-state index contributed by atoms with van der Waals surface area (Å²) < 4.78 is 0. The molecule has 1 heterocycles. The minimum atomic E-state index is -0.418. The maximum atomic E-state index is 5.11. The summed E-state index contributed by atoms with van der Waals surface area (Å²) in [6, 6.07) is 76.1. The van der Waals surface area contributed by atoms with Crippen molar-refractivity contribution in [1.82, 2.24) is 9.97 Å². The zero-order valence-corrected chi connectivity index (χ0v) is 29.9. The molecular weight excluding hydrogens is 665 g/mol. The van der Waals surface area contributed by atoms with Crippen LogP contribution in [0.1, 0.15) is 22.3 Å². The van der Waals surface area contributed by atoms with E-state index in [0.29, 0.717) is 5.82 Å². The standard InChI is InChI=1S/C53H32N2/c1-3-16-35(17-4-1)49-34-50(36-18-5-2-6-19-36)55-52(54-49)40-23-14-21-38(33-40)37-20-13-22-39(32-37)41-27-15-31-48-51(41)44-26-9-12-30-47(44)53(48)45-28-10-7-24-42(45)43-25-8-11-29-46(43)53/h1-8,10-25,27-34H. The monoisotopic (exact) mass is 696 g/mol. The predicted octanol–water partition coefficient (Wildman–Crippen LogP) is 12.8. The van der Waals surface area contributed by atoms with E-state index in [-0.39, 0.29) is 0 Å².